The van der Waals surface area contributed by atoms with Crippen molar-refractivity contribution in [3.8, 4) is 0 Å². The van der Waals surface area contributed by atoms with Crippen molar-refractivity contribution in [2.75, 3.05) is 0 Å². The van der Waals surface area contributed by atoms with Gasteiger partial charge in [0, 0.05) is 18.3 Å². The molecule has 1 aromatic rings. The van der Waals surface area contributed by atoms with E-state index in [9.17, 15) is 61.9 Å². The van der Waals surface area contributed by atoms with Gasteiger partial charge in [0.05, 0.1) is 11.9 Å². The Kier molecular flexibility index (Phi) is 6.69. The Morgan fingerprint density at radius 2 is 1.28 bits per heavy atom. The molecule has 184 valence electrons. The summed E-state index contributed by atoms with van der Waals surface area (Å²) in [7, 11) is 1.39. The van der Waals surface area contributed by atoms with Crippen LogP contribution in [0.15, 0.2) is 5.10 Å². The van der Waals surface area contributed by atoms with Crippen molar-refractivity contribution in [2.45, 2.75) is 49.6 Å². The second-order valence-corrected chi connectivity index (χ2v) is 6.28. The van der Waals surface area contributed by atoms with Gasteiger partial charge in [-0.15, -0.1) is 0 Å². The Hall–Kier alpha value is -2.56. The van der Waals surface area contributed by atoms with E-state index in [1.165, 1.54) is 25.6 Å². The van der Waals surface area contributed by atoms with Crippen LogP contribution >= 0.6 is 0 Å². The summed E-state index contributed by atoms with van der Waals surface area (Å²) in [4.78, 5) is 11.2. The number of rotatable bonds is 7. The van der Waals surface area contributed by atoms with Crippen LogP contribution < -0.4 is 5.43 Å². The molecule has 0 bridgehead atoms. The minimum Gasteiger partial charge on any atom is -0.272 e. The largest absolute Gasteiger partial charge is 0.460 e. The molecule has 0 spiro atoms. The van der Waals surface area contributed by atoms with E-state index in [4.69, 9.17) is 0 Å². The number of alkyl halides is 13. The number of carbonyl (C=O) groups is 1. The third kappa shape index (κ3) is 3.87. The van der Waals surface area contributed by atoms with Crippen molar-refractivity contribution in [1.29, 1.82) is 0 Å². The number of halogens is 13. The van der Waals surface area contributed by atoms with Gasteiger partial charge in [0.1, 0.15) is 0 Å². The molecule has 0 aliphatic carbocycles. The molecule has 0 radical (unpaired) electrons. The molecule has 32 heavy (non-hydrogen) atoms. The van der Waals surface area contributed by atoms with Gasteiger partial charge in [0.25, 0.3) is 0 Å². The second kappa shape index (κ2) is 7.79. The fraction of sp³-hybridized carbons (Fsp3) is 0.643. The highest BCUT2D eigenvalue weighted by Crippen LogP contribution is 2.60. The van der Waals surface area contributed by atoms with Gasteiger partial charge in [-0.3, -0.25) is 9.48 Å². The molecule has 0 atom stereocenters. The number of hydrogen-bond acceptors (Lipinski definition) is 3. The molecule has 1 heterocycles. The molecule has 0 saturated carbocycles. The molecule has 0 aromatic carbocycles. The van der Waals surface area contributed by atoms with E-state index >= 15 is 0 Å². The summed E-state index contributed by atoms with van der Waals surface area (Å²) in [5, 5.41) is 6.53. The smallest absolute Gasteiger partial charge is 0.272 e. The van der Waals surface area contributed by atoms with Crippen LogP contribution in [0.2, 0.25) is 0 Å². The zero-order chi connectivity index (χ0) is 25.7. The zero-order valence-corrected chi connectivity index (χ0v) is 15.7. The van der Waals surface area contributed by atoms with Gasteiger partial charge < -0.3 is 0 Å². The van der Waals surface area contributed by atoms with Crippen molar-refractivity contribution < 1.29 is 61.9 Å². The lowest BCUT2D eigenvalue weighted by Gasteiger charge is -2.38. The van der Waals surface area contributed by atoms with Crippen molar-refractivity contribution >= 4 is 12.1 Å². The maximum absolute atomic E-state index is 13.6. The lowest BCUT2D eigenvalue weighted by Crippen LogP contribution is -2.71. The molecule has 1 amide bonds. The van der Waals surface area contributed by atoms with E-state index in [1.807, 2.05) is 0 Å². The number of hydrazone groups is 1. The van der Waals surface area contributed by atoms with Gasteiger partial charge >= 0.3 is 41.7 Å². The van der Waals surface area contributed by atoms with Gasteiger partial charge in [0.2, 0.25) is 0 Å². The highest BCUT2D eigenvalue weighted by molar-refractivity contribution is 5.87. The number of nitrogens with one attached hydrogen (secondary N) is 1. The van der Waals surface area contributed by atoms with Crippen LogP contribution in [0.1, 0.15) is 17.0 Å². The number of carbonyl (C=O) groups excluding carboxylic acids is 1. The topological polar surface area (TPSA) is 59.3 Å². The monoisotopic (exact) mass is 498 g/mol. The van der Waals surface area contributed by atoms with Crippen molar-refractivity contribution in [3.63, 3.8) is 0 Å². The zero-order valence-electron chi connectivity index (χ0n) is 15.7. The van der Waals surface area contributed by atoms with Gasteiger partial charge in [-0.2, -0.15) is 67.3 Å². The summed E-state index contributed by atoms with van der Waals surface area (Å²) in [6.45, 7) is 2.72. The molecule has 0 aliphatic heterocycles. The normalized spacial score (nSPS) is 14.9. The lowest BCUT2D eigenvalue weighted by molar-refractivity contribution is -0.436. The van der Waals surface area contributed by atoms with E-state index in [0.717, 1.165) is 0 Å². The highest BCUT2D eigenvalue weighted by atomic mass is 19.4. The fourth-order valence-electron chi connectivity index (χ4n) is 2.11. The van der Waals surface area contributed by atoms with Crippen molar-refractivity contribution in [2.24, 2.45) is 12.1 Å². The quantitative estimate of drug-likeness (QED) is 0.348. The molecule has 0 aliphatic rings. The van der Waals surface area contributed by atoms with E-state index in [-0.39, 0.29) is 17.0 Å². The summed E-state index contributed by atoms with van der Waals surface area (Å²) in [5.41, 5.74) is 1.06. The maximum atomic E-state index is 13.6. The number of amides is 1. The van der Waals surface area contributed by atoms with Crippen molar-refractivity contribution in [3.05, 3.63) is 17.0 Å². The first-order valence-corrected chi connectivity index (χ1v) is 7.78. The predicted molar refractivity (Wildman–Crippen MR) is 79.2 cm³/mol. The fourth-order valence-corrected chi connectivity index (χ4v) is 2.11. The Balaban J connectivity index is 3.29. The van der Waals surface area contributed by atoms with Crippen LogP contribution in [0.3, 0.4) is 0 Å². The molecule has 1 rings (SSSR count). The van der Waals surface area contributed by atoms with Crippen LogP contribution in [-0.4, -0.2) is 57.7 Å². The SMILES string of the molecule is Cc1nn(C)c(C)c1/C=N\NC(=O)C(F)(F)C(F)(F)C(F)(F)C(F)(F)C(F)(F)C(F)(F)F. The first kappa shape index (κ1) is 27.5. The summed E-state index contributed by atoms with van der Waals surface area (Å²) in [5.74, 6) is -42.1. The summed E-state index contributed by atoms with van der Waals surface area (Å²) in [6, 6.07) is 0. The van der Waals surface area contributed by atoms with Crippen LogP contribution in [0.4, 0.5) is 57.1 Å². The molecule has 0 fully saturated rings. The summed E-state index contributed by atoms with van der Waals surface area (Å²) >= 11 is 0. The van der Waals surface area contributed by atoms with Gasteiger partial charge in [-0.25, -0.2) is 5.43 Å². The van der Waals surface area contributed by atoms with Gasteiger partial charge in [0.15, 0.2) is 0 Å². The van der Waals surface area contributed by atoms with Gasteiger partial charge in [-0.1, -0.05) is 0 Å². The molecule has 1 aromatic heterocycles. The average Bonchev–Trinajstić information content (AvgIpc) is 2.85. The predicted octanol–water partition coefficient (Wildman–Crippen LogP) is 4.23. The Morgan fingerprint density at radius 3 is 1.66 bits per heavy atom. The van der Waals surface area contributed by atoms with E-state index in [2.05, 4.69) is 10.2 Å². The molecule has 18 heteroatoms. The van der Waals surface area contributed by atoms with Crippen LogP contribution in [-0.2, 0) is 11.8 Å². The molecule has 0 saturated heterocycles. The molecular formula is C14H11F13N4O. The van der Waals surface area contributed by atoms with Gasteiger partial charge in [-0.05, 0) is 13.8 Å². The number of hydrogen-bond donors (Lipinski definition) is 1. The summed E-state index contributed by atoms with van der Waals surface area (Å²) < 4.78 is 170. The Labute approximate surface area is 169 Å². The van der Waals surface area contributed by atoms with Crippen LogP contribution in [0, 0.1) is 13.8 Å². The van der Waals surface area contributed by atoms with Crippen LogP contribution in [0.25, 0.3) is 0 Å². The standard InChI is InChI=1S/C14H11F13N4O/c1-5-7(6(2)31(3)30-5)4-28-29-8(32)9(15,16)10(17,18)11(19,20)12(21,22)13(23,24)14(25,26)27/h4H,1-3H3,(H,29,32)/b28-4-. The Bertz CT molecular complexity index is 901. The van der Waals surface area contributed by atoms with E-state index < -0.39 is 41.7 Å². The third-order valence-corrected chi connectivity index (χ3v) is 4.14. The van der Waals surface area contributed by atoms with E-state index in [0.29, 0.717) is 11.6 Å². The lowest BCUT2D eigenvalue weighted by atomic mass is 9.93. The Morgan fingerprint density at radius 1 is 0.844 bits per heavy atom. The van der Waals surface area contributed by atoms with Crippen LogP contribution in [0.5, 0.6) is 0 Å². The molecule has 0 unspecified atom stereocenters. The highest BCUT2D eigenvalue weighted by Gasteiger charge is 2.91. The molecule has 5 nitrogen and oxygen atoms in total. The third-order valence-electron chi connectivity index (χ3n) is 4.14. The average molecular weight is 498 g/mol. The maximum Gasteiger partial charge on any atom is 0.460 e. The second-order valence-electron chi connectivity index (χ2n) is 6.28. The minimum atomic E-state index is -8.08. The molecular weight excluding hydrogens is 487 g/mol. The number of aromatic nitrogens is 2. The van der Waals surface area contributed by atoms with E-state index in [1.54, 1.807) is 0 Å². The minimum absolute atomic E-state index is 0.0181. The first-order valence-electron chi connectivity index (χ1n) is 7.78. The number of nitrogens with zero attached hydrogens (tertiary/aromatic N) is 3. The first-order chi connectivity index (χ1) is 14.0. The van der Waals surface area contributed by atoms with Crippen molar-refractivity contribution in [1.82, 2.24) is 15.2 Å². The summed E-state index contributed by atoms with van der Waals surface area (Å²) in [6.07, 6.45) is -7.01. The number of aryl methyl sites for hydroxylation is 2. The molecule has 1 N–H and O–H groups in total.